The number of unbranched alkanes of at least 4 members (excludes halogenated alkanes) is 3. The van der Waals surface area contributed by atoms with Gasteiger partial charge in [-0.1, -0.05) is 52.9 Å². The van der Waals surface area contributed by atoms with E-state index in [4.69, 9.17) is 0 Å². The van der Waals surface area contributed by atoms with E-state index < -0.39 is 11.4 Å². The summed E-state index contributed by atoms with van der Waals surface area (Å²) in [7, 11) is 0. The van der Waals surface area contributed by atoms with E-state index in [2.05, 4.69) is 24.0 Å². The Morgan fingerprint density at radius 1 is 1.12 bits per heavy atom. The van der Waals surface area contributed by atoms with Crippen LogP contribution in [0.5, 0.6) is 0 Å². The molecule has 1 atom stereocenters. The molecule has 0 saturated carbocycles. The first-order valence-corrected chi connectivity index (χ1v) is 6.43. The van der Waals surface area contributed by atoms with Gasteiger partial charge in [0.15, 0.2) is 0 Å². The molecule has 0 aromatic heterocycles. The molecule has 0 fully saturated rings. The molecular formula is C12H25ClNO2-. The average molecular weight is 251 g/mol. The quantitative estimate of drug-likeness (QED) is 0.532. The summed E-state index contributed by atoms with van der Waals surface area (Å²) in [6.45, 7) is 6.00. The Hall–Kier alpha value is -0.280. The van der Waals surface area contributed by atoms with Crippen LogP contribution in [0.3, 0.4) is 0 Å². The first-order valence-electron chi connectivity index (χ1n) is 6.00. The molecule has 4 heteroatoms. The van der Waals surface area contributed by atoms with Crippen LogP contribution >= 0.6 is 11.8 Å². The highest BCUT2D eigenvalue weighted by molar-refractivity contribution is 6.11. The maximum atomic E-state index is 11.0. The highest BCUT2D eigenvalue weighted by Crippen LogP contribution is 2.29. The molecule has 0 heterocycles. The normalized spacial score (nSPS) is 13.6. The molecule has 98 valence electrons. The first kappa shape index (κ1) is 18.1. The van der Waals surface area contributed by atoms with Crippen molar-refractivity contribution in [3.8, 4) is 0 Å². The van der Waals surface area contributed by atoms with Gasteiger partial charge in [0.25, 0.3) is 0 Å². The van der Waals surface area contributed by atoms with Crippen molar-refractivity contribution in [2.45, 2.75) is 65.7 Å². The summed E-state index contributed by atoms with van der Waals surface area (Å²) in [6, 6.07) is 0. The lowest BCUT2D eigenvalue weighted by atomic mass is 9.80. The molecule has 0 aromatic carbocycles. The number of carbonyl (C=O) groups excluding carboxylic acids is 1. The second kappa shape index (κ2) is 11.2. The zero-order chi connectivity index (χ0) is 13.0. The number of aliphatic carboxylic acids is 1. The molecule has 0 rings (SSSR count). The van der Waals surface area contributed by atoms with Crippen molar-refractivity contribution in [3.05, 3.63) is 0 Å². The Morgan fingerprint density at radius 3 is 2.06 bits per heavy atom. The SMILES string of the molecule is CCCCCCC(C)(CCC)C(=O)[O-].NCl. The van der Waals surface area contributed by atoms with Crippen LogP contribution in [0, 0.1) is 5.41 Å². The summed E-state index contributed by atoms with van der Waals surface area (Å²) in [5.41, 5.74) is -0.595. The number of carbonyl (C=O) groups is 1. The van der Waals surface area contributed by atoms with Crippen molar-refractivity contribution in [1.82, 2.24) is 0 Å². The van der Waals surface area contributed by atoms with Gasteiger partial charge in [0.1, 0.15) is 0 Å². The predicted molar refractivity (Wildman–Crippen MR) is 66.8 cm³/mol. The number of nitrogens with two attached hydrogens (primary N) is 1. The van der Waals surface area contributed by atoms with Crippen LogP contribution in [0.1, 0.15) is 65.7 Å². The van der Waals surface area contributed by atoms with E-state index in [0.29, 0.717) is 0 Å². The second-order valence-electron chi connectivity index (χ2n) is 4.41. The van der Waals surface area contributed by atoms with E-state index in [0.717, 1.165) is 32.1 Å². The largest absolute Gasteiger partial charge is 0.550 e. The van der Waals surface area contributed by atoms with Gasteiger partial charge in [0.2, 0.25) is 0 Å². The van der Waals surface area contributed by atoms with E-state index in [1.165, 1.54) is 12.8 Å². The summed E-state index contributed by atoms with van der Waals surface area (Å²) >= 11 is 4.14. The lowest BCUT2D eigenvalue weighted by Crippen LogP contribution is -2.40. The van der Waals surface area contributed by atoms with Crippen LogP contribution in [0.4, 0.5) is 0 Å². The number of carboxylic acids is 1. The van der Waals surface area contributed by atoms with Gasteiger partial charge >= 0.3 is 0 Å². The second-order valence-corrected chi connectivity index (χ2v) is 4.41. The molecule has 0 amide bonds. The molecule has 0 aromatic rings. The molecule has 0 bridgehead atoms. The Morgan fingerprint density at radius 2 is 1.69 bits per heavy atom. The number of halogens is 1. The predicted octanol–water partition coefficient (Wildman–Crippen LogP) is 2.61. The third-order valence-electron chi connectivity index (χ3n) is 2.88. The molecule has 1 unspecified atom stereocenters. The summed E-state index contributed by atoms with van der Waals surface area (Å²) < 4.78 is 0. The molecule has 16 heavy (non-hydrogen) atoms. The van der Waals surface area contributed by atoms with Crippen LogP contribution in [-0.2, 0) is 4.79 Å². The Bertz CT molecular complexity index is 176. The average Bonchev–Trinajstić information content (AvgIpc) is 2.27. The minimum atomic E-state index is -0.879. The minimum Gasteiger partial charge on any atom is -0.550 e. The van der Waals surface area contributed by atoms with Crippen molar-refractivity contribution in [2.75, 3.05) is 0 Å². The van der Waals surface area contributed by atoms with Crippen LogP contribution in [-0.4, -0.2) is 5.97 Å². The van der Waals surface area contributed by atoms with Crippen molar-refractivity contribution in [3.63, 3.8) is 0 Å². The van der Waals surface area contributed by atoms with Gasteiger partial charge in [0, 0.05) is 11.4 Å². The third-order valence-corrected chi connectivity index (χ3v) is 2.88. The molecule has 0 aliphatic carbocycles. The molecule has 0 radical (unpaired) electrons. The zero-order valence-electron chi connectivity index (χ0n) is 10.7. The molecule has 2 N–H and O–H groups in total. The van der Waals surface area contributed by atoms with Crippen LogP contribution in [0.2, 0.25) is 0 Å². The minimum absolute atomic E-state index is 0.595. The third kappa shape index (κ3) is 7.94. The monoisotopic (exact) mass is 250 g/mol. The van der Waals surface area contributed by atoms with E-state index in [9.17, 15) is 9.90 Å². The molecule has 3 nitrogen and oxygen atoms in total. The Kier molecular flexibility index (Phi) is 12.7. The Labute approximate surface area is 104 Å². The van der Waals surface area contributed by atoms with Crippen molar-refractivity contribution < 1.29 is 9.90 Å². The maximum absolute atomic E-state index is 11.0. The molecule has 0 saturated heterocycles. The summed E-state index contributed by atoms with van der Waals surface area (Å²) in [5.74, 6) is -0.879. The van der Waals surface area contributed by atoms with Crippen molar-refractivity contribution >= 4 is 17.7 Å². The molecule has 0 aliphatic heterocycles. The topological polar surface area (TPSA) is 66.1 Å². The van der Waals surface area contributed by atoms with E-state index in [1.807, 2.05) is 13.8 Å². The number of rotatable bonds is 8. The van der Waals surface area contributed by atoms with Gasteiger partial charge < -0.3 is 9.90 Å². The van der Waals surface area contributed by atoms with Gasteiger partial charge in [0.05, 0.1) is 0 Å². The van der Waals surface area contributed by atoms with E-state index in [1.54, 1.807) is 0 Å². The fourth-order valence-corrected chi connectivity index (χ4v) is 1.82. The zero-order valence-corrected chi connectivity index (χ0v) is 11.5. The first-order chi connectivity index (χ1) is 7.56. The van der Waals surface area contributed by atoms with Crippen molar-refractivity contribution in [2.24, 2.45) is 10.7 Å². The standard InChI is InChI=1S/C12H24O2.ClH2N/c1-4-6-7-8-10-12(3,9-5-2)11(13)14;1-2/h4-10H2,1-3H3,(H,13,14);2H2/p-1. The van der Waals surface area contributed by atoms with E-state index >= 15 is 0 Å². The van der Waals surface area contributed by atoms with Crippen LogP contribution in [0.25, 0.3) is 0 Å². The lowest BCUT2D eigenvalue weighted by Gasteiger charge is -2.30. The van der Waals surface area contributed by atoms with Crippen LogP contribution < -0.4 is 10.4 Å². The van der Waals surface area contributed by atoms with Crippen LogP contribution in [0.15, 0.2) is 0 Å². The number of hydrogen-bond acceptors (Lipinski definition) is 3. The number of carboxylic acid groups (broad SMARTS) is 1. The van der Waals surface area contributed by atoms with Gasteiger partial charge in [-0.15, -0.1) is 0 Å². The lowest BCUT2D eigenvalue weighted by molar-refractivity contribution is -0.319. The van der Waals surface area contributed by atoms with Crippen molar-refractivity contribution in [1.29, 1.82) is 0 Å². The van der Waals surface area contributed by atoms with Gasteiger partial charge in [-0.25, -0.2) is 5.25 Å². The Balaban J connectivity index is 0. The van der Waals surface area contributed by atoms with Gasteiger partial charge in [-0.2, -0.15) is 0 Å². The molecule has 0 aliphatic rings. The summed E-state index contributed by atoms with van der Waals surface area (Å²) in [4.78, 5) is 11.0. The fraction of sp³-hybridized carbons (Fsp3) is 0.917. The molecule has 0 spiro atoms. The smallest absolute Gasteiger partial charge is 0.0473 e. The fourth-order valence-electron chi connectivity index (χ4n) is 1.82. The molecular weight excluding hydrogens is 226 g/mol. The van der Waals surface area contributed by atoms with Gasteiger partial charge in [-0.05, 0) is 24.6 Å². The maximum Gasteiger partial charge on any atom is 0.0473 e. The highest BCUT2D eigenvalue weighted by Gasteiger charge is 2.23. The van der Waals surface area contributed by atoms with Gasteiger partial charge in [-0.3, -0.25) is 0 Å². The van der Waals surface area contributed by atoms with E-state index in [-0.39, 0.29) is 0 Å². The summed E-state index contributed by atoms with van der Waals surface area (Å²) in [6.07, 6.45) is 6.97. The highest BCUT2D eigenvalue weighted by atomic mass is 35.5. The number of hydrogen-bond donors (Lipinski definition) is 1. The summed E-state index contributed by atoms with van der Waals surface area (Å²) in [5, 5.41) is 14.9.